The summed E-state index contributed by atoms with van der Waals surface area (Å²) in [6, 6.07) is 6.68. The van der Waals surface area contributed by atoms with Gasteiger partial charge in [-0.3, -0.25) is 0 Å². The first-order chi connectivity index (χ1) is 7.59. The standard InChI is InChI=1S/C13H17Cl2N/c1-16(2)13-5-3-4-10(13)9-6-7-11(14)12(15)8-9/h6-8,10,13H,3-5H2,1-2H3. The molecule has 2 atom stereocenters. The van der Waals surface area contributed by atoms with Gasteiger partial charge in [-0.1, -0.05) is 35.7 Å². The van der Waals surface area contributed by atoms with E-state index >= 15 is 0 Å². The van der Waals surface area contributed by atoms with Crippen LogP contribution in [0.4, 0.5) is 0 Å². The fourth-order valence-corrected chi connectivity index (χ4v) is 3.00. The Balaban J connectivity index is 2.26. The van der Waals surface area contributed by atoms with E-state index < -0.39 is 0 Å². The first-order valence-corrected chi connectivity index (χ1v) is 6.46. The lowest BCUT2D eigenvalue weighted by Gasteiger charge is -2.26. The zero-order valence-corrected chi connectivity index (χ0v) is 11.2. The van der Waals surface area contributed by atoms with Gasteiger partial charge in [-0.25, -0.2) is 0 Å². The van der Waals surface area contributed by atoms with E-state index in [4.69, 9.17) is 23.2 Å². The maximum Gasteiger partial charge on any atom is 0.0595 e. The SMILES string of the molecule is CN(C)C1CCCC1c1ccc(Cl)c(Cl)c1. The monoisotopic (exact) mass is 257 g/mol. The minimum atomic E-state index is 0.602. The molecule has 0 heterocycles. The topological polar surface area (TPSA) is 3.24 Å². The molecule has 1 fully saturated rings. The maximum absolute atomic E-state index is 6.07. The van der Waals surface area contributed by atoms with Crippen LogP contribution in [0.5, 0.6) is 0 Å². The van der Waals surface area contributed by atoms with E-state index in [1.165, 1.54) is 24.8 Å². The van der Waals surface area contributed by atoms with Crippen LogP contribution in [0.15, 0.2) is 18.2 Å². The van der Waals surface area contributed by atoms with Gasteiger partial charge in [0.2, 0.25) is 0 Å². The first kappa shape index (κ1) is 12.2. The molecule has 0 bridgehead atoms. The fourth-order valence-electron chi connectivity index (χ4n) is 2.69. The molecule has 0 saturated heterocycles. The number of hydrogen-bond donors (Lipinski definition) is 0. The predicted molar refractivity (Wildman–Crippen MR) is 70.5 cm³/mol. The molecule has 88 valence electrons. The Labute approximate surface area is 107 Å². The van der Waals surface area contributed by atoms with E-state index in [9.17, 15) is 0 Å². The Morgan fingerprint density at radius 3 is 2.50 bits per heavy atom. The lowest BCUT2D eigenvalue weighted by Crippen LogP contribution is -2.29. The molecular formula is C13H17Cl2N. The average molecular weight is 258 g/mol. The third-order valence-electron chi connectivity index (χ3n) is 3.51. The van der Waals surface area contributed by atoms with Gasteiger partial charge in [0.15, 0.2) is 0 Å². The van der Waals surface area contributed by atoms with E-state index in [-0.39, 0.29) is 0 Å². The van der Waals surface area contributed by atoms with Crippen molar-refractivity contribution < 1.29 is 0 Å². The molecule has 1 aromatic carbocycles. The summed E-state index contributed by atoms with van der Waals surface area (Å²) >= 11 is 12.0. The smallest absolute Gasteiger partial charge is 0.0595 e. The molecule has 1 saturated carbocycles. The van der Waals surface area contributed by atoms with Crippen LogP contribution in [0, 0.1) is 0 Å². The van der Waals surface area contributed by atoms with E-state index in [0.29, 0.717) is 22.0 Å². The molecule has 1 aliphatic rings. The molecule has 0 spiro atoms. The van der Waals surface area contributed by atoms with Gasteiger partial charge < -0.3 is 4.90 Å². The summed E-state index contributed by atoms with van der Waals surface area (Å²) in [6.07, 6.45) is 3.83. The first-order valence-electron chi connectivity index (χ1n) is 5.71. The maximum atomic E-state index is 6.07. The Hall–Kier alpha value is -0.240. The number of likely N-dealkylation sites (N-methyl/N-ethyl adjacent to an activating group) is 1. The molecule has 0 N–H and O–H groups in total. The van der Waals surface area contributed by atoms with Gasteiger partial charge in [0.05, 0.1) is 10.0 Å². The van der Waals surface area contributed by atoms with Gasteiger partial charge in [0.1, 0.15) is 0 Å². The third-order valence-corrected chi connectivity index (χ3v) is 4.25. The summed E-state index contributed by atoms with van der Waals surface area (Å²) in [7, 11) is 4.31. The third kappa shape index (κ3) is 2.37. The van der Waals surface area contributed by atoms with Gasteiger partial charge in [-0.2, -0.15) is 0 Å². The van der Waals surface area contributed by atoms with Gasteiger partial charge in [-0.05, 0) is 50.6 Å². The second-order valence-electron chi connectivity index (χ2n) is 4.74. The molecule has 1 nitrogen and oxygen atoms in total. The summed E-state index contributed by atoms with van der Waals surface area (Å²) in [5.41, 5.74) is 1.32. The van der Waals surface area contributed by atoms with Crippen LogP contribution >= 0.6 is 23.2 Å². The second-order valence-corrected chi connectivity index (χ2v) is 5.56. The quantitative estimate of drug-likeness (QED) is 0.768. The van der Waals surface area contributed by atoms with Crippen molar-refractivity contribution in [2.24, 2.45) is 0 Å². The molecule has 0 aromatic heterocycles. The van der Waals surface area contributed by atoms with Gasteiger partial charge in [-0.15, -0.1) is 0 Å². The molecule has 3 heteroatoms. The van der Waals surface area contributed by atoms with Crippen molar-refractivity contribution in [1.29, 1.82) is 0 Å². The van der Waals surface area contributed by atoms with E-state index in [1.807, 2.05) is 12.1 Å². The number of halogens is 2. The Kier molecular flexibility index (Phi) is 3.78. The highest BCUT2D eigenvalue weighted by Gasteiger charge is 2.30. The molecule has 0 aliphatic heterocycles. The minimum absolute atomic E-state index is 0.602. The minimum Gasteiger partial charge on any atom is -0.306 e. The van der Waals surface area contributed by atoms with Crippen molar-refractivity contribution in [1.82, 2.24) is 4.90 Å². The Bertz CT molecular complexity index is 376. The van der Waals surface area contributed by atoms with Crippen LogP contribution in [0.2, 0.25) is 10.0 Å². The number of benzene rings is 1. The van der Waals surface area contributed by atoms with E-state index in [1.54, 1.807) is 0 Å². The van der Waals surface area contributed by atoms with Crippen molar-refractivity contribution in [3.63, 3.8) is 0 Å². The molecule has 16 heavy (non-hydrogen) atoms. The van der Waals surface area contributed by atoms with Gasteiger partial charge in [0, 0.05) is 6.04 Å². The van der Waals surface area contributed by atoms with Gasteiger partial charge >= 0.3 is 0 Å². The number of rotatable bonds is 2. The van der Waals surface area contributed by atoms with Crippen LogP contribution < -0.4 is 0 Å². The summed E-state index contributed by atoms with van der Waals surface area (Å²) in [4.78, 5) is 2.32. The van der Waals surface area contributed by atoms with Crippen molar-refractivity contribution in [2.75, 3.05) is 14.1 Å². The van der Waals surface area contributed by atoms with Crippen LogP contribution in [-0.2, 0) is 0 Å². The Morgan fingerprint density at radius 1 is 1.12 bits per heavy atom. The Morgan fingerprint density at radius 2 is 1.88 bits per heavy atom. The van der Waals surface area contributed by atoms with Crippen molar-refractivity contribution in [3.05, 3.63) is 33.8 Å². The molecule has 1 aromatic rings. The van der Waals surface area contributed by atoms with Gasteiger partial charge in [0.25, 0.3) is 0 Å². The second kappa shape index (κ2) is 4.95. The highest BCUT2D eigenvalue weighted by Crippen LogP contribution is 2.38. The van der Waals surface area contributed by atoms with Crippen molar-refractivity contribution in [3.8, 4) is 0 Å². The fraction of sp³-hybridized carbons (Fsp3) is 0.538. The highest BCUT2D eigenvalue weighted by molar-refractivity contribution is 6.42. The van der Waals surface area contributed by atoms with Crippen LogP contribution in [0.3, 0.4) is 0 Å². The summed E-state index contributed by atoms with van der Waals surface area (Å²) in [5, 5.41) is 1.31. The summed E-state index contributed by atoms with van der Waals surface area (Å²) < 4.78 is 0. The largest absolute Gasteiger partial charge is 0.306 e. The predicted octanol–water partition coefficient (Wildman–Crippen LogP) is 4.19. The lowest BCUT2D eigenvalue weighted by atomic mass is 9.93. The van der Waals surface area contributed by atoms with Crippen LogP contribution in [0.25, 0.3) is 0 Å². The lowest BCUT2D eigenvalue weighted by molar-refractivity contribution is 0.276. The molecule has 2 rings (SSSR count). The summed E-state index contributed by atoms with van der Waals surface area (Å²) in [5.74, 6) is 0.602. The molecule has 2 unspecified atom stereocenters. The molecular weight excluding hydrogens is 241 g/mol. The van der Waals surface area contributed by atoms with E-state index in [2.05, 4.69) is 25.1 Å². The van der Waals surface area contributed by atoms with Crippen molar-refractivity contribution >= 4 is 23.2 Å². The molecule has 0 amide bonds. The highest BCUT2D eigenvalue weighted by atomic mass is 35.5. The zero-order valence-electron chi connectivity index (χ0n) is 9.71. The molecule has 1 aliphatic carbocycles. The number of hydrogen-bond acceptors (Lipinski definition) is 1. The average Bonchev–Trinajstić information content (AvgIpc) is 2.71. The number of nitrogens with zero attached hydrogens (tertiary/aromatic N) is 1. The van der Waals surface area contributed by atoms with Crippen LogP contribution in [0.1, 0.15) is 30.7 Å². The normalized spacial score (nSPS) is 25.3. The molecule has 0 radical (unpaired) electrons. The summed E-state index contributed by atoms with van der Waals surface area (Å²) in [6.45, 7) is 0. The van der Waals surface area contributed by atoms with E-state index in [0.717, 1.165) is 0 Å². The van der Waals surface area contributed by atoms with Crippen LogP contribution in [-0.4, -0.2) is 25.0 Å². The van der Waals surface area contributed by atoms with Crippen molar-refractivity contribution in [2.45, 2.75) is 31.2 Å². The zero-order chi connectivity index (χ0) is 11.7.